The average Bonchev–Trinajstić information content (AvgIpc) is 3.23. The second-order valence-electron chi connectivity index (χ2n) is 7.81. The molecule has 8 heteroatoms. The van der Waals surface area contributed by atoms with Crippen LogP contribution in [0.5, 0.6) is 11.5 Å². The molecule has 1 saturated heterocycles. The molecule has 3 aromatic rings. The Balaban J connectivity index is 1.40. The first-order chi connectivity index (χ1) is 16.5. The third kappa shape index (κ3) is 5.48. The van der Waals surface area contributed by atoms with Gasteiger partial charge in [-0.2, -0.15) is 0 Å². The number of nitrogens with zero attached hydrogens (tertiary/aromatic N) is 1. The van der Waals surface area contributed by atoms with Gasteiger partial charge in [-0.05, 0) is 53.1 Å². The summed E-state index contributed by atoms with van der Waals surface area (Å²) < 4.78 is 10.6. The van der Waals surface area contributed by atoms with E-state index in [1.807, 2.05) is 59.5 Å². The van der Waals surface area contributed by atoms with Gasteiger partial charge in [0.25, 0.3) is 5.91 Å². The van der Waals surface area contributed by atoms with Crippen LogP contribution in [-0.4, -0.2) is 36.7 Å². The van der Waals surface area contributed by atoms with Gasteiger partial charge in [-0.25, -0.2) is 0 Å². The van der Waals surface area contributed by atoms with Gasteiger partial charge in [-0.15, -0.1) is 11.8 Å². The van der Waals surface area contributed by atoms with E-state index >= 15 is 0 Å². The molecule has 1 aliphatic heterocycles. The molecule has 6 nitrogen and oxygen atoms in total. The van der Waals surface area contributed by atoms with E-state index in [2.05, 4.69) is 5.32 Å². The molecule has 3 aromatic carbocycles. The summed E-state index contributed by atoms with van der Waals surface area (Å²) in [4.78, 5) is 27.0. The van der Waals surface area contributed by atoms with E-state index in [1.54, 1.807) is 38.1 Å². The van der Waals surface area contributed by atoms with E-state index in [0.29, 0.717) is 40.9 Å². The van der Waals surface area contributed by atoms with E-state index < -0.39 is 0 Å². The van der Waals surface area contributed by atoms with E-state index in [1.165, 1.54) is 0 Å². The van der Waals surface area contributed by atoms with Gasteiger partial charge < -0.3 is 19.7 Å². The average molecular weight is 497 g/mol. The fourth-order valence-electron chi connectivity index (χ4n) is 3.76. The van der Waals surface area contributed by atoms with Gasteiger partial charge in [0.2, 0.25) is 5.91 Å². The van der Waals surface area contributed by atoms with Crippen molar-refractivity contribution < 1.29 is 19.1 Å². The standard InChI is InChI=1S/C26H25ClN2O4S/c1-32-22-12-5-18(13-23(22)33-2)14-28-25(31)19-6-8-20(9-7-19)26-29(24(30)16-34-26)15-17-3-10-21(27)11-4-17/h3-13,26H,14-16H2,1-2H3,(H,28,31)/t26-/m0/s1. The molecule has 4 rings (SSSR count). The van der Waals surface area contributed by atoms with Crippen LogP contribution in [0.15, 0.2) is 66.7 Å². The number of amides is 2. The lowest BCUT2D eigenvalue weighted by atomic mass is 10.1. The van der Waals surface area contributed by atoms with Crippen LogP contribution in [-0.2, 0) is 17.9 Å². The molecule has 0 unspecified atom stereocenters. The van der Waals surface area contributed by atoms with Crippen LogP contribution in [0.2, 0.25) is 5.02 Å². The summed E-state index contributed by atoms with van der Waals surface area (Å²) in [6.07, 6.45) is 0. The SMILES string of the molecule is COc1ccc(CNC(=O)c2ccc([C@@H]3SCC(=O)N3Cc3ccc(Cl)cc3)cc2)cc1OC. The summed E-state index contributed by atoms with van der Waals surface area (Å²) >= 11 is 7.57. The predicted molar refractivity (Wildman–Crippen MR) is 134 cm³/mol. The van der Waals surface area contributed by atoms with E-state index in [9.17, 15) is 9.59 Å². The van der Waals surface area contributed by atoms with Crippen molar-refractivity contribution in [2.24, 2.45) is 0 Å². The molecule has 0 spiro atoms. The molecule has 0 aromatic heterocycles. The molecule has 1 fully saturated rings. The van der Waals surface area contributed by atoms with Gasteiger partial charge in [0, 0.05) is 23.7 Å². The second-order valence-corrected chi connectivity index (χ2v) is 9.31. The largest absolute Gasteiger partial charge is 0.493 e. The van der Waals surface area contributed by atoms with Crippen molar-refractivity contribution in [3.05, 3.63) is 94.0 Å². The van der Waals surface area contributed by atoms with Gasteiger partial charge in [0.1, 0.15) is 5.37 Å². The molecule has 0 saturated carbocycles. The van der Waals surface area contributed by atoms with Crippen molar-refractivity contribution in [2.75, 3.05) is 20.0 Å². The molecule has 1 heterocycles. The number of nitrogens with one attached hydrogen (secondary N) is 1. The fourth-order valence-corrected chi connectivity index (χ4v) is 5.08. The number of carbonyl (C=O) groups excluding carboxylic acids is 2. The topological polar surface area (TPSA) is 67.9 Å². The highest BCUT2D eigenvalue weighted by Crippen LogP contribution is 2.39. The summed E-state index contributed by atoms with van der Waals surface area (Å²) in [7, 11) is 3.16. The number of hydrogen-bond acceptors (Lipinski definition) is 5. The van der Waals surface area contributed by atoms with Crippen molar-refractivity contribution in [1.29, 1.82) is 0 Å². The highest BCUT2D eigenvalue weighted by Gasteiger charge is 2.32. The van der Waals surface area contributed by atoms with Crippen LogP contribution in [0.3, 0.4) is 0 Å². The third-order valence-corrected chi connectivity index (χ3v) is 7.10. The van der Waals surface area contributed by atoms with E-state index in [-0.39, 0.29) is 17.2 Å². The number of hydrogen-bond donors (Lipinski definition) is 1. The Morgan fingerprint density at radius 2 is 1.68 bits per heavy atom. The number of ether oxygens (including phenoxy) is 2. The van der Waals surface area contributed by atoms with Crippen molar-refractivity contribution >= 4 is 35.2 Å². The zero-order valence-corrected chi connectivity index (χ0v) is 20.5. The second kappa shape index (κ2) is 10.8. The van der Waals surface area contributed by atoms with Crippen LogP contribution in [0.25, 0.3) is 0 Å². The molecular weight excluding hydrogens is 472 g/mol. The van der Waals surface area contributed by atoms with Gasteiger partial charge in [0.05, 0.1) is 20.0 Å². The number of carbonyl (C=O) groups is 2. The Kier molecular flexibility index (Phi) is 7.65. The van der Waals surface area contributed by atoms with Crippen molar-refractivity contribution in [3.63, 3.8) is 0 Å². The predicted octanol–water partition coefficient (Wildman–Crippen LogP) is 5.06. The van der Waals surface area contributed by atoms with Crippen LogP contribution in [0.4, 0.5) is 0 Å². The number of methoxy groups -OCH3 is 2. The highest BCUT2D eigenvalue weighted by atomic mass is 35.5. The minimum Gasteiger partial charge on any atom is -0.493 e. The number of halogens is 1. The Morgan fingerprint density at radius 1 is 1.00 bits per heavy atom. The maximum atomic E-state index is 12.7. The highest BCUT2D eigenvalue weighted by molar-refractivity contribution is 8.00. The van der Waals surface area contributed by atoms with Crippen molar-refractivity contribution in [2.45, 2.75) is 18.5 Å². The van der Waals surface area contributed by atoms with Crippen molar-refractivity contribution in [1.82, 2.24) is 10.2 Å². The first kappa shape index (κ1) is 24.0. The summed E-state index contributed by atoms with van der Waals surface area (Å²) in [6, 6.07) is 20.5. The molecule has 0 bridgehead atoms. The first-order valence-corrected chi connectivity index (χ1v) is 12.2. The molecule has 1 N–H and O–H groups in total. The Morgan fingerprint density at radius 3 is 2.35 bits per heavy atom. The molecular formula is C26H25ClN2O4S. The zero-order valence-electron chi connectivity index (χ0n) is 18.9. The Hall–Kier alpha value is -3.16. The lowest BCUT2D eigenvalue weighted by molar-refractivity contribution is -0.128. The maximum absolute atomic E-state index is 12.7. The Labute approximate surface area is 208 Å². The van der Waals surface area contributed by atoms with E-state index in [4.69, 9.17) is 21.1 Å². The van der Waals surface area contributed by atoms with Crippen molar-refractivity contribution in [3.8, 4) is 11.5 Å². The number of benzene rings is 3. The van der Waals surface area contributed by atoms with Gasteiger partial charge in [-0.3, -0.25) is 9.59 Å². The maximum Gasteiger partial charge on any atom is 0.251 e. The third-order valence-electron chi connectivity index (χ3n) is 5.59. The van der Waals surface area contributed by atoms with Crippen LogP contribution >= 0.6 is 23.4 Å². The van der Waals surface area contributed by atoms with Gasteiger partial charge >= 0.3 is 0 Å². The number of thioether (sulfide) groups is 1. The lowest BCUT2D eigenvalue weighted by Gasteiger charge is -2.24. The Bertz CT molecular complexity index is 1170. The molecule has 0 radical (unpaired) electrons. The van der Waals surface area contributed by atoms with Gasteiger partial charge in [0.15, 0.2) is 11.5 Å². The fraction of sp³-hybridized carbons (Fsp3) is 0.231. The molecule has 1 aliphatic rings. The van der Waals surface area contributed by atoms with E-state index in [0.717, 1.165) is 16.7 Å². The minimum atomic E-state index is -0.172. The van der Waals surface area contributed by atoms with Crippen LogP contribution in [0.1, 0.15) is 32.4 Å². The summed E-state index contributed by atoms with van der Waals surface area (Å²) in [6.45, 7) is 0.879. The van der Waals surface area contributed by atoms with Crippen LogP contribution in [0, 0.1) is 0 Å². The summed E-state index contributed by atoms with van der Waals surface area (Å²) in [5.74, 6) is 1.62. The van der Waals surface area contributed by atoms with Crippen LogP contribution < -0.4 is 14.8 Å². The quantitative estimate of drug-likeness (QED) is 0.472. The molecule has 0 aliphatic carbocycles. The molecule has 176 valence electrons. The van der Waals surface area contributed by atoms with Gasteiger partial charge in [-0.1, -0.05) is 41.9 Å². The molecule has 1 atom stereocenters. The lowest BCUT2D eigenvalue weighted by Crippen LogP contribution is -2.27. The smallest absolute Gasteiger partial charge is 0.251 e. The first-order valence-electron chi connectivity index (χ1n) is 10.7. The molecule has 34 heavy (non-hydrogen) atoms. The monoisotopic (exact) mass is 496 g/mol. The summed E-state index contributed by atoms with van der Waals surface area (Å²) in [5, 5.41) is 3.51. The molecule has 2 amide bonds. The number of rotatable bonds is 8. The minimum absolute atomic E-state index is 0.0907. The normalized spacial score (nSPS) is 15.3. The zero-order chi connectivity index (χ0) is 24.1. The summed E-state index contributed by atoms with van der Waals surface area (Å²) in [5.41, 5.74) is 3.47.